The van der Waals surface area contributed by atoms with Gasteiger partial charge >= 0.3 is 5.69 Å². The van der Waals surface area contributed by atoms with Crippen molar-refractivity contribution in [1.29, 1.82) is 0 Å². The Morgan fingerprint density at radius 3 is 2.90 bits per heavy atom. The lowest BCUT2D eigenvalue weighted by molar-refractivity contribution is -0.385. The highest BCUT2D eigenvalue weighted by Crippen LogP contribution is 2.30. The summed E-state index contributed by atoms with van der Waals surface area (Å²) in [6, 6.07) is 8.89. The molecule has 0 saturated heterocycles. The topological polar surface area (TPSA) is 64.4 Å². The number of nitrogens with zero attached hydrogens (tertiary/aromatic N) is 1. The van der Waals surface area contributed by atoms with Crippen molar-refractivity contribution in [2.24, 2.45) is 0 Å². The molecule has 1 aromatic heterocycles. The molecule has 0 spiro atoms. The first-order valence-electron chi connectivity index (χ1n) is 6.38. The van der Waals surface area contributed by atoms with Crippen LogP contribution in [0.1, 0.15) is 18.2 Å². The monoisotopic (exact) mass is 292 g/mol. The van der Waals surface area contributed by atoms with Crippen molar-refractivity contribution in [1.82, 2.24) is 0 Å². The van der Waals surface area contributed by atoms with Crippen LogP contribution in [0.3, 0.4) is 0 Å². The van der Waals surface area contributed by atoms with Crippen LogP contribution in [-0.4, -0.2) is 11.5 Å². The predicted molar refractivity (Wildman–Crippen MR) is 80.5 cm³/mol. The normalized spacial score (nSPS) is 10.2. The molecule has 0 bridgehead atoms. The van der Waals surface area contributed by atoms with Crippen molar-refractivity contribution >= 4 is 22.7 Å². The van der Waals surface area contributed by atoms with E-state index in [0.717, 1.165) is 12.1 Å². The molecule has 0 radical (unpaired) electrons. The summed E-state index contributed by atoms with van der Waals surface area (Å²) >= 11 is 1.67. The van der Waals surface area contributed by atoms with Crippen molar-refractivity contribution in [3.8, 4) is 5.75 Å². The Balaban J connectivity index is 2.11. The van der Waals surface area contributed by atoms with Crippen LogP contribution in [-0.2, 0) is 6.54 Å². The van der Waals surface area contributed by atoms with E-state index in [0.29, 0.717) is 18.9 Å². The van der Waals surface area contributed by atoms with Gasteiger partial charge in [-0.2, -0.15) is 0 Å². The fraction of sp³-hybridized carbons (Fsp3) is 0.286. The van der Waals surface area contributed by atoms with Gasteiger partial charge in [0, 0.05) is 29.2 Å². The lowest BCUT2D eigenvalue weighted by Crippen LogP contribution is -2.02. The van der Waals surface area contributed by atoms with Gasteiger partial charge in [-0.1, -0.05) is 13.0 Å². The number of nitro groups is 1. The van der Waals surface area contributed by atoms with Crippen molar-refractivity contribution in [3.05, 3.63) is 50.7 Å². The summed E-state index contributed by atoms with van der Waals surface area (Å²) in [5.74, 6) is 0.313. The molecule has 0 aliphatic rings. The molecule has 1 heterocycles. The van der Waals surface area contributed by atoms with Gasteiger partial charge in [0.25, 0.3) is 0 Å². The Morgan fingerprint density at radius 1 is 1.40 bits per heavy atom. The molecule has 2 aromatic rings. The molecule has 2 rings (SSSR count). The van der Waals surface area contributed by atoms with Gasteiger partial charge in [0.2, 0.25) is 0 Å². The summed E-state index contributed by atoms with van der Waals surface area (Å²) in [6.07, 6.45) is 0.810. The maximum absolute atomic E-state index is 10.9. The molecule has 0 aliphatic carbocycles. The average Bonchev–Trinajstić information content (AvgIpc) is 2.96. The van der Waals surface area contributed by atoms with Crippen LogP contribution in [0, 0.1) is 10.1 Å². The van der Waals surface area contributed by atoms with E-state index < -0.39 is 4.92 Å². The van der Waals surface area contributed by atoms with E-state index in [1.54, 1.807) is 23.5 Å². The van der Waals surface area contributed by atoms with Gasteiger partial charge in [-0.25, -0.2) is 0 Å². The van der Waals surface area contributed by atoms with E-state index in [4.69, 9.17) is 4.74 Å². The molecule has 5 nitrogen and oxygen atoms in total. The summed E-state index contributed by atoms with van der Waals surface area (Å²) in [4.78, 5) is 11.7. The Kier molecular flexibility index (Phi) is 4.95. The Hall–Kier alpha value is -2.08. The van der Waals surface area contributed by atoms with E-state index >= 15 is 0 Å². The van der Waals surface area contributed by atoms with Crippen LogP contribution >= 0.6 is 11.3 Å². The Bertz CT molecular complexity index is 570. The molecule has 1 N–H and O–H groups in total. The number of nitro benzene ring substituents is 1. The molecule has 20 heavy (non-hydrogen) atoms. The molecule has 1 aromatic carbocycles. The Labute approximate surface area is 121 Å². The van der Waals surface area contributed by atoms with E-state index in [2.05, 4.69) is 5.32 Å². The number of nitrogens with one attached hydrogen (secondary N) is 1. The summed E-state index contributed by atoms with van der Waals surface area (Å²) in [5.41, 5.74) is 0.815. The summed E-state index contributed by atoms with van der Waals surface area (Å²) in [7, 11) is 0. The third kappa shape index (κ3) is 3.71. The van der Waals surface area contributed by atoms with Crippen molar-refractivity contribution < 1.29 is 9.66 Å². The zero-order chi connectivity index (χ0) is 14.4. The number of anilines is 1. The third-order valence-corrected chi connectivity index (χ3v) is 3.54. The predicted octanol–water partition coefficient (Wildman–Crippen LogP) is 4.06. The number of hydrogen-bond donors (Lipinski definition) is 1. The zero-order valence-corrected chi connectivity index (χ0v) is 12.0. The highest BCUT2D eigenvalue weighted by Gasteiger charge is 2.15. The maximum Gasteiger partial charge on any atom is 0.311 e. The largest absolute Gasteiger partial charge is 0.487 e. The summed E-state index contributed by atoms with van der Waals surface area (Å²) in [5, 5.41) is 16.2. The first kappa shape index (κ1) is 14.3. The lowest BCUT2D eigenvalue weighted by Gasteiger charge is -2.09. The zero-order valence-electron chi connectivity index (χ0n) is 11.2. The second-order valence-corrected chi connectivity index (χ2v) is 5.25. The lowest BCUT2D eigenvalue weighted by atomic mass is 10.2. The van der Waals surface area contributed by atoms with E-state index in [1.807, 2.05) is 24.4 Å². The van der Waals surface area contributed by atoms with Gasteiger partial charge < -0.3 is 10.1 Å². The minimum absolute atomic E-state index is 0.000114. The molecule has 0 amide bonds. The molecule has 0 unspecified atom stereocenters. The minimum atomic E-state index is -0.423. The van der Waals surface area contributed by atoms with Crippen molar-refractivity contribution in [2.75, 3.05) is 11.9 Å². The van der Waals surface area contributed by atoms with Crippen LogP contribution in [0.2, 0.25) is 0 Å². The molecule has 6 heteroatoms. The molecule has 0 saturated carbocycles. The highest BCUT2D eigenvalue weighted by molar-refractivity contribution is 7.09. The second-order valence-electron chi connectivity index (χ2n) is 4.22. The van der Waals surface area contributed by atoms with Gasteiger partial charge in [0.05, 0.1) is 11.5 Å². The smallest absolute Gasteiger partial charge is 0.311 e. The standard InChI is InChI=1S/C14H16N2O3S/c1-2-7-19-14-9-11(5-6-13(14)16(17)18)15-10-12-4-3-8-20-12/h3-6,8-9,15H,2,7,10H2,1H3. The van der Waals surface area contributed by atoms with Crippen LogP contribution in [0.5, 0.6) is 5.75 Å². The van der Waals surface area contributed by atoms with E-state index in [9.17, 15) is 10.1 Å². The number of ether oxygens (including phenoxy) is 1. The van der Waals surface area contributed by atoms with E-state index in [-0.39, 0.29) is 5.69 Å². The molecule has 0 atom stereocenters. The van der Waals surface area contributed by atoms with Crippen LogP contribution in [0.15, 0.2) is 35.7 Å². The van der Waals surface area contributed by atoms with Crippen LogP contribution < -0.4 is 10.1 Å². The van der Waals surface area contributed by atoms with Gasteiger partial charge in [-0.15, -0.1) is 11.3 Å². The van der Waals surface area contributed by atoms with Crippen LogP contribution in [0.25, 0.3) is 0 Å². The Morgan fingerprint density at radius 2 is 2.25 bits per heavy atom. The maximum atomic E-state index is 10.9. The van der Waals surface area contributed by atoms with Gasteiger partial charge in [0.15, 0.2) is 5.75 Å². The number of hydrogen-bond acceptors (Lipinski definition) is 5. The minimum Gasteiger partial charge on any atom is -0.487 e. The summed E-state index contributed by atoms with van der Waals surface area (Å²) in [6.45, 7) is 3.13. The van der Waals surface area contributed by atoms with Crippen molar-refractivity contribution in [3.63, 3.8) is 0 Å². The number of rotatable bonds is 7. The van der Waals surface area contributed by atoms with Gasteiger partial charge in [0.1, 0.15) is 0 Å². The molecule has 0 aliphatic heterocycles. The molecular formula is C14H16N2O3S. The fourth-order valence-corrected chi connectivity index (χ4v) is 2.35. The molecule has 0 fully saturated rings. The number of benzene rings is 1. The molecule has 106 valence electrons. The molecular weight excluding hydrogens is 276 g/mol. The van der Waals surface area contributed by atoms with Crippen LogP contribution in [0.4, 0.5) is 11.4 Å². The fourth-order valence-electron chi connectivity index (χ4n) is 1.70. The first-order valence-corrected chi connectivity index (χ1v) is 7.26. The summed E-state index contributed by atoms with van der Waals surface area (Å²) < 4.78 is 5.45. The van der Waals surface area contributed by atoms with Crippen molar-refractivity contribution in [2.45, 2.75) is 19.9 Å². The van der Waals surface area contributed by atoms with Gasteiger partial charge in [-0.05, 0) is 23.9 Å². The highest BCUT2D eigenvalue weighted by atomic mass is 32.1. The second kappa shape index (κ2) is 6.91. The average molecular weight is 292 g/mol. The van der Waals surface area contributed by atoms with Gasteiger partial charge in [-0.3, -0.25) is 10.1 Å². The first-order chi connectivity index (χ1) is 9.70. The quantitative estimate of drug-likeness (QED) is 0.617. The third-order valence-electron chi connectivity index (χ3n) is 2.67. The van der Waals surface area contributed by atoms with E-state index in [1.165, 1.54) is 10.9 Å². The number of thiophene rings is 1. The SMILES string of the molecule is CCCOc1cc(NCc2cccs2)ccc1[N+](=O)[O-].